The Morgan fingerprint density at radius 2 is 1.71 bits per heavy atom. The first-order chi connectivity index (χ1) is 14.8. The first kappa shape index (κ1) is 23.3. The summed E-state index contributed by atoms with van der Waals surface area (Å²) in [5.41, 5.74) is 6.94. The standard InChI is InChI=1S/C21H25N3O7/c1-29-16-7-4-12(10-17(16)30-2)8-9-23-14-6-5-13(20(26)27)11-15(14)24-18(19(22)25)21(28)31-3/h4-7,10-11,18,23-24H,8-9H2,1-3H3,(H2,22,25)(H,26,27). The number of benzene rings is 2. The van der Waals surface area contributed by atoms with Crippen molar-refractivity contribution in [3.8, 4) is 11.5 Å². The number of carboxylic acid groups (broad SMARTS) is 1. The minimum Gasteiger partial charge on any atom is -0.493 e. The number of rotatable bonds is 11. The van der Waals surface area contributed by atoms with Gasteiger partial charge in [-0.3, -0.25) is 4.79 Å². The van der Waals surface area contributed by atoms with Gasteiger partial charge in [-0.15, -0.1) is 0 Å². The quantitative estimate of drug-likeness (QED) is 0.307. The summed E-state index contributed by atoms with van der Waals surface area (Å²) < 4.78 is 15.1. The number of hydrogen-bond donors (Lipinski definition) is 4. The molecule has 2 aromatic rings. The van der Waals surface area contributed by atoms with Gasteiger partial charge < -0.3 is 35.7 Å². The summed E-state index contributed by atoms with van der Waals surface area (Å²) in [6, 6.07) is 8.33. The summed E-state index contributed by atoms with van der Waals surface area (Å²) in [5.74, 6) is -1.77. The molecular formula is C21H25N3O7. The van der Waals surface area contributed by atoms with Crippen molar-refractivity contribution in [1.82, 2.24) is 0 Å². The third kappa shape index (κ3) is 6.01. The lowest BCUT2D eigenvalue weighted by molar-refractivity contribution is -0.144. The van der Waals surface area contributed by atoms with Crippen LogP contribution in [0.3, 0.4) is 0 Å². The van der Waals surface area contributed by atoms with Gasteiger partial charge in [0.25, 0.3) is 5.91 Å². The number of methoxy groups -OCH3 is 3. The predicted octanol–water partition coefficient (Wildman–Crippen LogP) is 1.50. The largest absolute Gasteiger partial charge is 0.493 e. The Hall–Kier alpha value is -3.95. The Morgan fingerprint density at radius 3 is 2.29 bits per heavy atom. The van der Waals surface area contributed by atoms with Gasteiger partial charge in [0.2, 0.25) is 6.04 Å². The molecule has 0 heterocycles. The molecule has 0 saturated heterocycles. The smallest absolute Gasteiger partial charge is 0.338 e. The zero-order valence-electron chi connectivity index (χ0n) is 17.4. The second kappa shape index (κ2) is 10.7. The van der Waals surface area contributed by atoms with Crippen molar-refractivity contribution in [2.24, 2.45) is 5.73 Å². The zero-order chi connectivity index (χ0) is 23.0. The molecule has 2 aromatic carbocycles. The Balaban J connectivity index is 2.20. The van der Waals surface area contributed by atoms with E-state index in [2.05, 4.69) is 15.4 Å². The number of anilines is 2. The fourth-order valence-corrected chi connectivity index (χ4v) is 2.85. The van der Waals surface area contributed by atoms with E-state index >= 15 is 0 Å². The van der Waals surface area contributed by atoms with Crippen LogP contribution >= 0.6 is 0 Å². The van der Waals surface area contributed by atoms with Crippen LogP contribution in [-0.2, 0) is 20.7 Å². The average Bonchev–Trinajstić information content (AvgIpc) is 2.76. The summed E-state index contributed by atoms with van der Waals surface area (Å²) in [7, 11) is 4.23. The van der Waals surface area contributed by atoms with Gasteiger partial charge in [-0.2, -0.15) is 0 Å². The number of ether oxygens (including phenoxy) is 3. The van der Waals surface area contributed by atoms with Crippen molar-refractivity contribution in [3.63, 3.8) is 0 Å². The van der Waals surface area contributed by atoms with Crippen molar-refractivity contribution < 1.29 is 33.7 Å². The molecule has 10 heteroatoms. The minimum atomic E-state index is -1.47. The highest BCUT2D eigenvalue weighted by atomic mass is 16.5. The Bertz CT molecular complexity index is 962. The lowest BCUT2D eigenvalue weighted by atomic mass is 10.1. The average molecular weight is 431 g/mol. The van der Waals surface area contributed by atoms with Crippen LogP contribution < -0.4 is 25.8 Å². The van der Waals surface area contributed by atoms with Gasteiger partial charge in [0, 0.05) is 6.54 Å². The van der Waals surface area contributed by atoms with Crippen molar-refractivity contribution in [1.29, 1.82) is 0 Å². The first-order valence-electron chi connectivity index (χ1n) is 9.26. The molecule has 0 radical (unpaired) electrons. The van der Waals surface area contributed by atoms with Crippen LogP contribution in [0.2, 0.25) is 0 Å². The molecule has 31 heavy (non-hydrogen) atoms. The normalized spacial score (nSPS) is 11.2. The number of carboxylic acids is 1. The number of aromatic carboxylic acids is 1. The SMILES string of the molecule is COC(=O)C(Nc1cc(C(=O)O)ccc1NCCc1ccc(OC)c(OC)c1)C(N)=O. The van der Waals surface area contributed by atoms with Crippen LogP contribution in [-0.4, -0.2) is 56.9 Å². The maximum Gasteiger partial charge on any atom is 0.338 e. The van der Waals surface area contributed by atoms with Gasteiger partial charge in [-0.25, -0.2) is 9.59 Å². The molecule has 0 aliphatic heterocycles. The molecule has 166 valence electrons. The van der Waals surface area contributed by atoms with Crippen molar-refractivity contribution in [3.05, 3.63) is 47.5 Å². The fraction of sp³-hybridized carbons (Fsp3) is 0.286. The highest BCUT2D eigenvalue weighted by molar-refractivity contribution is 6.04. The predicted molar refractivity (Wildman–Crippen MR) is 114 cm³/mol. The van der Waals surface area contributed by atoms with Gasteiger partial charge >= 0.3 is 11.9 Å². The number of primary amides is 1. The summed E-state index contributed by atoms with van der Waals surface area (Å²) >= 11 is 0. The van der Waals surface area contributed by atoms with Crippen molar-refractivity contribution in [2.45, 2.75) is 12.5 Å². The minimum absolute atomic E-state index is 0.0268. The van der Waals surface area contributed by atoms with E-state index in [1.807, 2.05) is 12.1 Å². The van der Waals surface area contributed by atoms with Crippen LogP contribution in [0.25, 0.3) is 0 Å². The monoisotopic (exact) mass is 431 g/mol. The van der Waals surface area contributed by atoms with Crippen LogP contribution in [0.15, 0.2) is 36.4 Å². The number of carbonyl (C=O) groups is 3. The Morgan fingerprint density at radius 1 is 1.00 bits per heavy atom. The Labute approximate surface area is 179 Å². The second-order valence-electron chi connectivity index (χ2n) is 6.43. The molecule has 0 fully saturated rings. The molecule has 1 atom stereocenters. The van der Waals surface area contributed by atoms with Crippen LogP contribution in [0.4, 0.5) is 11.4 Å². The number of amides is 1. The molecule has 2 rings (SSSR count). The van der Waals surface area contributed by atoms with E-state index in [9.17, 15) is 19.5 Å². The van der Waals surface area contributed by atoms with Crippen molar-refractivity contribution >= 4 is 29.2 Å². The number of hydrogen-bond acceptors (Lipinski definition) is 8. The van der Waals surface area contributed by atoms with E-state index in [4.69, 9.17) is 15.2 Å². The number of esters is 1. The van der Waals surface area contributed by atoms with Gasteiger partial charge in [0.1, 0.15) is 0 Å². The van der Waals surface area contributed by atoms with Crippen LogP contribution in [0.1, 0.15) is 15.9 Å². The van der Waals surface area contributed by atoms with E-state index < -0.39 is 23.9 Å². The van der Waals surface area contributed by atoms with Gasteiger partial charge in [0.05, 0.1) is 38.3 Å². The fourth-order valence-electron chi connectivity index (χ4n) is 2.85. The third-order valence-electron chi connectivity index (χ3n) is 4.46. The van der Waals surface area contributed by atoms with Crippen LogP contribution in [0.5, 0.6) is 11.5 Å². The molecular weight excluding hydrogens is 406 g/mol. The molecule has 0 aromatic heterocycles. The highest BCUT2D eigenvalue weighted by Crippen LogP contribution is 2.28. The van der Waals surface area contributed by atoms with E-state index in [1.165, 1.54) is 18.2 Å². The van der Waals surface area contributed by atoms with E-state index in [0.29, 0.717) is 30.2 Å². The molecule has 0 aliphatic rings. The number of carbonyl (C=O) groups excluding carboxylic acids is 2. The second-order valence-corrected chi connectivity index (χ2v) is 6.43. The topological polar surface area (TPSA) is 149 Å². The zero-order valence-corrected chi connectivity index (χ0v) is 17.4. The molecule has 5 N–H and O–H groups in total. The van der Waals surface area contributed by atoms with E-state index in [0.717, 1.165) is 12.7 Å². The molecule has 0 spiro atoms. The highest BCUT2D eigenvalue weighted by Gasteiger charge is 2.26. The lowest BCUT2D eigenvalue weighted by Crippen LogP contribution is -2.43. The van der Waals surface area contributed by atoms with E-state index in [-0.39, 0.29) is 11.3 Å². The number of nitrogens with one attached hydrogen (secondary N) is 2. The summed E-state index contributed by atoms with van der Waals surface area (Å²) in [6.45, 7) is 0.468. The molecule has 10 nitrogen and oxygen atoms in total. The summed E-state index contributed by atoms with van der Waals surface area (Å²) in [5, 5.41) is 15.1. The summed E-state index contributed by atoms with van der Waals surface area (Å²) in [6.07, 6.45) is 0.608. The molecule has 0 aliphatic carbocycles. The molecule has 1 unspecified atom stereocenters. The molecule has 0 saturated carbocycles. The van der Waals surface area contributed by atoms with Gasteiger partial charge in [-0.05, 0) is 42.3 Å². The van der Waals surface area contributed by atoms with E-state index in [1.54, 1.807) is 20.3 Å². The van der Waals surface area contributed by atoms with Crippen molar-refractivity contribution in [2.75, 3.05) is 38.5 Å². The third-order valence-corrected chi connectivity index (χ3v) is 4.46. The number of nitrogens with two attached hydrogens (primary N) is 1. The van der Waals surface area contributed by atoms with Crippen LogP contribution in [0, 0.1) is 0 Å². The van der Waals surface area contributed by atoms with Gasteiger partial charge in [0.15, 0.2) is 11.5 Å². The molecule has 0 bridgehead atoms. The van der Waals surface area contributed by atoms with Gasteiger partial charge in [-0.1, -0.05) is 6.07 Å². The maximum atomic E-state index is 11.9. The summed E-state index contributed by atoms with van der Waals surface area (Å²) in [4.78, 5) is 34.8. The lowest BCUT2D eigenvalue weighted by Gasteiger charge is -2.19. The first-order valence-corrected chi connectivity index (χ1v) is 9.26. The Kier molecular flexibility index (Phi) is 8.07. The maximum absolute atomic E-state index is 11.9. The molecule has 1 amide bonds.